The van der Waals surface area contributed by atoms with E-state index < -0.39 is 17.5 Å². The molecule has 1 aliphatic rings. The van der Waals surface area contributed by atoms with Gasteiger partial charge in [0, 0.05) is 22.9 Å². The van der Waals surface area contributed by atoms with E-state index in [0.29, 0.717) is 11.0 Å². The molecule has 1 fully saturated rings. The summed E-state index contributed by atoms with van der Waals surface area (Å²) < 4.78 is 26.8. The average molecular weight is 306 g/mol. The van der Waals surface area contributed by atoms with Gasteiger partial charge in [0.05, 0.1) is 5.69 Å². The molecule has 0 spiro atoms. The fraction of sp³-hybridized carbons (Fsp3) is 0.200. The normalized spacial score (nSPS) is 14.6. The molecule has 21 heavy (non-hydrogen) atoms. The van der Waals surface area contributed by atoms with Gasteiger partial charge in [-0.05, 0) is 31.1 Å². The number of benzene rings is 1. The number of halogens is 2. The summed E-state index contributed by atoms with van der Waals surface area (Å²) in [5, 5.41) is 5.02. The van der Waals surface area contributed by atoms with E-state index >= 15 is 0 Å². The Morgan fingerprint density at radius 2 is 2.05 bits per heavy atom. The lowest BCUT2D eigenvalue weighted by molar-refractivity contribution is -0.111. The molecule has 1 aromatic heterocycles. The molecule has 0 atom stereocenters. The number of nitrogens with zero attached hydrogens (tertiary/aromatic N) is 1. The number of amides is 1. The molecule has 1 aromatic carbocycles. The molecule has 3 rings (SSSR count). The second-order valence-electron chi connectivity index (χ2n) is 4.81. The first-order valence-electron chi connectivity index (χ1n) is 6.52. The lowest BCUT2D eigenvalue weighted by Crippen LogP contribution is -2.07. The minimum atomic E-state index is -0.704. The third-order valence-corrected chi connectivity index (χ3v) is 3.92. The van der Waals surface area contributed by atoms with Crippen molar-refractivity contribution in [2.24, 2.45) is 0 Å². The number of hydrogen-bond acceptors (Lipinski definition) is 3. The molecule has 1 amide bonds. The van der Waals surface area contributed by atoms with Gasteiger partial charge >= 0.3 is 0 Å². The summed E-state index contributed by atoms with van der Waals surface area (Å²) in [5.74, 6) is -1.35. The zero-order valence-electron chi connectivity index (χ0n) is 11.0. The molecule has 3 nitrogen and oxygen atoms in total. The summed E-state index contributed by atoms with van der Waals surface area (Å²) in [4.78, 5) is 16.0. The van der Waals surface area contributed by atoms with Crippen LogP contribution in [0.25, 0.3) is 6.08 Å². The van der Waals surface area contributed by atoms with Crippen LogP contribution in [0.4, 0.5) is 13.9 Å². The number of hydrogen-bond donors (Lipinski definition) is 1. The molecule has 6 heteroatoms. The summed E-state index contributed by atoms with van der Waals surface area (Å²) in [6, 6.07) is 3.56. The van der Waals surface area contributed by atoms with Crippen molar-refractivity contribution in [3.8, 4) is 0 Å². The van der Waals surface area contributed by atoms with Crippen LogP contribution < -0.4 is 5.32 Å². The van der Waals surface area contributed by atoms with E-state index in [-0.39, 0.29) is 5.56 Å². The molecule has 108 valence electrons. The maximum absolute atomic E-state index is 13.4. The number of nitrogens with one attached hydrogen (secondary N) is 1. The first-order valence-corrected chi connectivity index (χ1v) is 7.40. The minimum Gasteiger partial charge on any atom is -0.298 e. The molecule has 1 heterocycles. The highest BCUT2D eigenvalue weighted by Crippen LogP contribution is 2.40. The molecule has 0 aliphatic heterocycles. The van der Waals surface area contributed by atoms with Crippen molar-refractivity contribution in [2.75, 3.05) is 5.32 Å². The van der Waals surface area contributed by atoms with Crippen LogP contribution in [0.15, 0.2) is 29.7 Å². The van der Waals surface area contributed by atoms with Crippen LogP contribution in [0, 0.1) is 11.6 Å². The highest BCUT2D eigenvalue weighted by atomic mass is 32.1. The number of aromatic nitrogens is 1. The lowest BCUT2D eigenvalue weighted by atomic mass is 10.2. The Hall–Kier alpha value is -2.08. The zero-order valence-corrected chi connectivity index (χ0v) is 11.8. The third kappa shape index (κ3) is 3.33. The van der Waals surface area contributed by atoms with Crippen LogP contribution in [0.1, 0.15) is 30.0 Å². The van der Waals surface area contributed by atoms with E-state index in [1.165, 1.54) is 17.4 Å². The summed E-state index contributed by atoms with van der Waals surface area (Å²) in [7, 11) is 0. The monoisotopic (exact) mass is 306 g/mol. The van der Waals surface area contributed by atoms with Gasteiger partial charge in [0.15, 0.2) is 5.13 Å². The van der Waals surface area contributed by atoms with Crippen LogP contribution in [-0.4, -0.2) is 10.9 Å². The quantitative estimate of drug-likeness (QED) is 0.869. The van der Waals surface area contributed by atoms with Gasteiger partial charge in [-0.25, -0.2) is 13.8 Å². The van der Waals surface area contributed by atoms with E-state index in [1.54, 1.807) is 0 Å². The number of thiazole rings is 1. The van der Waals surface area contributed by atoms with Crippen molar-refractivity contribution in [2.45, 2.75) is 18.8 Å². The van der Waals surface area contributed by atoms with E-state index in [0.717, 1.165) is 42.8 Å². The highest BCUT2D eigenvalue weighted by molar-refractivity contribution is 7.14. The molecule has 0 radical (unpaired) electrons. The largest absolute Gasteiger partial charge is 0.298 e. The van der Waals surface area contributed by atoms with Gasteiger partial charge in [0.25, 0.3) is 0 Å². The van der Waals surface area contributed by atoms with Gasteiger partial charge in [-0.2, -0.15) is 0 Å². The zero-order chi connectivity index (χ0) is 14.8. The predicted molar refractivity (Wildman–Crippen MR) is 78.1 cm³/mol. The van der Waals surface area contributed by atoms with Crippen LogP contribution in [0.2, 0.25) is 0 Å². The lowest BCUT2D eigenvalue weighted by Gasteiger charge is -1.99. The Morgan fingerprint density at radius 3 is 2.71 bits per heavy atom. The van der Waals surface area contributed by atoms with Gasteiger partial charge < -0.3 is 0 Å². The maximum Gasteiger partial charge on any atom is 0.250 e. The third-order valence-electron chi connectivity index (χ3n) is 3.15. The van der Waals surface area contributed by atoms with Crippen LogP contribution >= 0.6 is 11.3 Å². The van der Waals surface area contributed by atoms with Crippen LogP contribution in [-0.2, 0) is 4.79 Å². The molecule has 1 N–H and O–H groups in total. The molecular weight excluding hydrogens is 294 g/mol. The van der Waals surface area contributed by atoms with E-state index in [1.807, 2.05) is 5.38 Å². The first kappa shape index (κ1) is 13.9. The molecule has 0 bridgehead atoms. The molecule has 1 saturated carbocycles. The molecule has 1 aliphatic carbocycles. The van der Waals surface area contributed by atoms with Crippen molar-refractivity contribution in [1.82, 2.24) is 4.98 Å². The maximum atomic E-state index is 13.4. The Labute approximate surface area is 124 Å². The molecular formula is C15H12F2N2OS. The smallest absolute Gasteiger partial charge is 0.250 e. The highest BCUT2D eigenvalue weighted by Gasteiger charge is 2.26. The standard InChI is InChI=1S/C15H12F2N2OS/c16-11-2-1-3-12(17)10(11)6-7-14(20)19-15-18-13(8-21-15)9-4-5-9/h1-3,6-9H,4-5H2,(H,18,19,20)/b7-6+. The number of anilines is 1. The van der Waals surface area contributed by atoms with Gasteiger partial charge in [-0.3, -0.25) is 10.1 Å². The van der Waals surface area contributed by atoms with Crippen LogP contribution in [0.3, 0.4) is 0 Å². The van der Waals surface area contributed by atoms with Gasteiger partial charge in [-0.1, -0.05) is 6.07 Å². The van der Waals surface area contributed by atoms with Crippen LogP contribution in [0.5, 0.6) is 0 Å². The van der Waals surface area contributed by atoms with Crippen molar-refractivity contribution in [3.05, 3.63) is 52.5 Å². The van der Waals surface area contributed by atoms with E-state index in [2.05, 4.69) is 10.3 Å². The van der Waals surface area contributed by atoms with Gasteiger partial charge in [-0.15, -0.1) is 11.3 Å². The summed E-state index contributed by atoms with van der Waals surface area (Å²) >= 11 is 1.35. The molecule has 0 unspecified atom stereocenters. The second kappa shape index (κ2) is 5.73. The summed E-state index contributed by atoms with van der Waals surface area (Å²) in [5.41, 5.74) is 0.768. The fourth-order valence-electron chi connectivity index (χ4n) is 1.89. The van der Waals surface area contributed by atoms with Crippen molar-refractivity contribution < 1.29 is 13.6 Å². The van der Waals surface area contributed by atoms with Crippen molar-refractivity contribution >= 4 is 28.5 Å². The first-order chi connectivity index (χ1) is 10.1. The van der Waals surface area contributed by atoms with Crippen molar-refractivity contribution in [3.63, 3.8) is 0 Å². The topological polar surface area (TPSA) is 42.0 Å². The van der Waals surface area contributed by atoms with Gasteiger partial charge in [0.1, 0.15) is 11.6 Å². The Kier molecular flexibility index (Phi) is 3.79. The SMILES string of the molecule is O=C(/C=C/c1c(F)cccc1F)Nc1nc(C2CC2)cs1. The molecule has 0 saturated heterocycles. The summed E-state index contributed by atoms with van der Waals surface area (Å²) in [6.07, 6.45) is 4.50. The number of carbonyl (C=O) groups is 1. The van der Waals surface area contributed by atoms with Crippen molar-refractivity contribution in [1.29, 1.82) is 0 Å². The van der Waals surface area contributed by atoms with E-state index in [4.69, 9.17) is 0 Å². The van der Waals surface area contributed by atoms with E-state index in [9.17, 15) is 13.6 Å². The van der Waals surface area contributed by atoms with Gasteiger partial charge in [0.2, 0.25) is 5.91 Å². The molecule has 2 aromatic rings. The Bertz CT molecular complexity index is 687. The average Bonchev–Trinajstić information content (AvgIpc) is 3.19. The summed E-state index contributed by atoms with van der Waals surface area (Å²) in [6.45, 7) is 0. The predicted octanol–water partition coefficient (Wildman–Crippen LogP) is 3.95. The minimum absolute atomic E-state index is 0.231. The Morgan fingerprint density at radius 1 is 1.33 bits per heavy atom. The number of rotatable bonds is 4. The Balaban J connectivity index is 1.66. The fourth-order valence-corrected chi connectivity index (χ4v) is 2.68. The number of carbonyl (C=O) groups excluding carboxylic acids is 1. The second-order valence-corrected chi connectivity index (χ2v) is 5.67.